The van der Waals surface area contributed by atoms with Gasteiger partial charge in [0.05, 0.1) is 6.04 Å². The van der Waals surface area contributed by atoms with Gasteiger partial charge in [0.1, 0.15) is 5.82 Å². The molecular formula is C13H13FN2. The topological polar surface area (TPSA) is 38.9 Å². The molecule has 2 N–H and O–H groups in total. The molecule has 0 radical (unpaired) electrons. The first-order valence-corrected chi connectivity index (χ1v) is 5.10. The molecule has 1 aromatic carbocycles. The Labute approximate surface area is 93.9 Å². The second-order valence-corrected chi connectivity index (χ2v) is 3.77. The van der Waals surface area contributed by atoms with Gasteiger partial charge in [0.25, 0.3) is 0 Å². The molecular weight excluding hydrogens is 203 g/mol. The molecule has 1 heterocycles. The quantitative estimate of drug-likeness (QED) is 0.838. The Morgan fingerprint density at radius 3 is 2.69 bits per heavy atom. The van der Waals surface area contributed by atoms with Crippen LogP contribution in [0.15, 0.2) is 42.7 Å². The van der Waals surface area contributed by atoms with Crippen molar-refractivity contribution in [2.24, 2.45) is 5.73 Å². The van der Waals surface area contributed by atoms with Gasteiger partial charge < -0.3 is 5.73 Å². The van der Waals surface area contributed by atoms with Gasteiger partial charge in [-0.15, -0.1) is 0 Å². The zero-order valence-corrected chi connectivity index (χ0v) is 9.02. The molecule has 0 bridgehead atoms. The van der Waals surface area contributed by atoms with E-state index in [4.69, 9.17) is 5.73 Å². The normalized spacial score (nSPS) is 12.4. The molecule has 1 unspecified atom stereocenters. The van der Waals surface area contributed by atoms with E-state index in [1.54, 1.807) is 31.5 Å². The first-order chi connectivity index (χ1) is 7.68. The summed E-state index contributed by atoms with van der Waals surface area (Å²) in [5.41, 5.74) is 8.50. The van der Waals surface area contributed by atoms with Crippen LogP contribution in [0.25, 0.3) is 0 Å². The Hall–Kier alpha value is -1.74. The molecule has 0 aliphatic rings. The van der Waals surface area contributed by atoms with Crippen LogP contribution in [0.3, 0.4) is 0 Å². The van der Waals surface area contributed by atoms with Gasteiger partial charge >= 0.3 is 0 Å². The SMILES string of the molecule is Cc1cc(C(N)c2cccnc2)ccc1F. The Morgan fingerprint density at radius 1 is 1.25 bits per heavy atom. The molecule has 2 aromatic rings. The molecule has 2 rings (SSSR count). The molecule has 0 saturated carbocycles. The van der Waals surface area contributed by atoms with Crippen LogP contribution in [-0.2, 0) is 0 Å². The van der Waals surface area contributed by atoms with Crippen molar-refractivity contribution in [3.05, 3.63) is 65.2 Å². The minimum Gasteiger partial charge on any atom is -0.320 e. The molecule has 16 heavy (non-hydrogen) atoms. The number of benzene rings is 1. The van der Waals surface area contributed by atoms with Crippen LogP contribution >= 0.6 is 0 Å². The lowest BCUT2D eigenvalue weighted by Gasteiger charge is -2.12. The number of nitrogens with two attached hydrogens (primary N) is 1. The summed E-state index contributed by atoms with van der Waals surface area (Å²) in [5, 5.41) is 0. The predicted octanol–water partition coefficient (Wildman–Crippen LogP) is 2.58. The van der Waals surface area contributed by atoms with Gasteiger partial charge in [0.15, 0.2) is 0 Å². The highest BCUT2D eigenvalue weighted by Crippen LogP contribution is 2.20. The second kappa shape index (κ2) is 4.41. The Morgan fingerprint density at radius 2 is 2.06 bits per heavy atom. The van der Waals surface area contributed by atoms with Gasteiger partial charge in [-0.1, -0.05) is 18.2 Å². The number of aromatic nitrogens is 1. The molecule has 1 atom stereocenters. The fourth-order valence-electron chi connectivity index (χ4n) is 1.61. The summed E-state index contributed by atoms with van der Waals surface area (Å²) in [7, 11) is 0. The van der Waals surface area contributed by atoms with E-state index >= 15 is 0 Å². The maximum Gasteiger partial charge on any atom is 0.126 e. The molecule has 0 saturated heterocycles. The van der Waals surface area contributed by atoms with Gasteiger partial charge in [-0.05, 0) is 35.7 Å². The summed E-state index contributed by atoms with van der Waals surface area (Å²) in [5.74, 6) is -0.206. The van der Waals surface area contributed by atoms with Crippen molar-refractivity contribution in [2.45, 2.75) is 13.0 Å². The van der Waals surface area contributed by atoms with Crippen LogP contribution in [0.1, 0.15) is 22.7 Å². The first-order valence-electron chi connectivity index (χ1n) is 5.10. The number of aryl methyl sites for hydroxylation is 1. The third-order valence-electron chi connectivity index (χ3n) is 2.58. The minimum absolute atomic E-state index is 0.206. The second-order valence-electron chi connectivity index (χ2n) is 3.77. The molecule has 0 amide bonds. The average molecular weight is 216 g/mol. The Balaban J connectivity index is 2.34. The van der Waals surface area contributed by atoms with E-state index < -0.39 is 0 Å². The lowest BCUT2D eigenvalue weighted by Crippen LogP contribution is -2.12. The molecule has 3 heteroatoms. The van der Waals surface area contributed by atoms with Gasteiger partial charge in [-0.3, -0.25) is 4.98 Å². The van der Waals surface area contributed by atoms with E-state index in [-0.39, 0.29) is 11.9 Å². The van der Waals surface area contributed by atoms with Crippen molar-refractivity contribution in [1.82, 2.24) is 4.98 Å². The standard InChI is InChI=1S/C13H13FN2/c1-9-7-10(4-5-12(9)14)13(15)11-3-2-6-16-8-11/h2-8,13H,15H2,1H3. The summed E-state index contributed by atoms with van der Waals surface area (Å²) in [4.78, 5) is 4.02. The smallest absolute Gasteiger partial charge is 0.126 e. The van der Waals surface area contributed by atoms with Crippen LogP contribution in [0.5, 0.6) is 0 Å². The van der Waals surface area contributed by atoms with Gasteiger partial charge in [0.2, 0.25) is 0 Å². The fourth-order valence-corrected chi connectivity index (χ4v) is 1.61. The van der Waals surface area contributed by atoms with Crippen molar-refractivity contribution in [3.8, 4) is 0 Å². The highest BCUT2D eigenvalue weighted by atomic mass is 19.1. The summed E-state index contributed by atoms with van der Waals surface area (Å²) in [6.45, 7) is 1.73. The zero-order valence-electron chi connectivity index (χ0n) is 9.02. The Bertz CT molecular complexity index is 483. The summed E-state index contributed by atoms with van der Waals surface area (Å²) in [6.07, 6.45) is 3.43. The third kappa shape index (κ3) is 2.09. The van der Waals surface area contributed by atoms with Crippen molar-refractivity contribution in [2.75, 3.05) is 0 Å². The highest BCUT2D eigenvalue weighted by molar-refractivity contribution is 5.32. The van der Waals surface area contributed by atoms with Crippen LogP contribution in [0, 0.1) is 12.7 Å². The number of hydrogen-bond donors (Lipinski definition) is 1. The molecule has 82 valence electrons. The summed E-state index contributed by atoms with van der Waals surface area (Å²) in [6, 6.07) is 8.42. The van der Waals surface area contributed by atoms with Crippen molar-refractivity contribution < 1.29 is 4.39 Å². The lowest BCUT2D eigenvalue weighted by molar-refractivity contribution is 0.617. The number of rotatable bonds is 2. The first kappa shape index (κ1) is 10.8. The third-order valence-corrected chi connectivity index (χ3v) is 2.58. The van der Waals surface area contributed by atoms with Crippen molar-refractivity contribution in [3.63, 3.8) is 0 Å². The van der Waals surface area contributed by atoms with E-state index in [1.165, 1.54) is 6.07 Å². The molecule has 1 aromatic heterocycles. The number of hydrogen-bond acceptors (Lipinski definition) is 2. The highest BCUT2D eigenvalue weighted by Gasteiger charge is 2.09. The molecule has 0 aliphatic heterocycles. The zero-order chi connectivity index (χ0) is 11.5. The number of nitrogens with zero attached hydrogens (tertiary/aromatic N) is 1. The Kier molecular flexibility index (Phi) is 2.97. The summed E-state index contributed by atoms with van der Waals surface area (Å²) < 4.78 is 13.1. The number of halogens is 1. The molecule has 2 nitrogen and oxygen atoms in total. The summed E-state index contributed by atoms with van der Waals surface area (Å²) >= 11 is 0. The fraction of sp³-hybridized carbons (Fsp3) is 0.154. The lowest BCUT2D eigenvalue weighted by atomic mass is 9.99. The van der Waals surface area contributed by atoms with Crippen LogP contribution in [-0.4, -0.2) is 4.98 Å². The predicted molar refractivity (Wildman–Crippen MR) is 61.4 cm³/mol. The molecule has 0 spiro atoms. The van der Waals surface area contributed by atoms with Gasteiger partial charge in [0, 0.05) is 12.4 Å². The van der Waals surface area contributed by atoms with E-state index in [0.717, 1.165) is 11.1 Å². The van der Waals surface area contributed by atoms with E-state index in [9.17, 15) is 4.39 Å². The van der Waals surface area contributed by atoms with E-state index in [0.29, 0.717) is 5.56 Å². The van der Waals surface area contributed by atoms with Gasteiger partial charge in [-0.2, -0.15) is 0 Å². The monoisotopic (exact) mass is 216 g/mol. The van der Waals surface area contributed by atoms with Crippen molar-refractivity contribution >= 4 is 0 Å². The van der Waals surface area contributed by atoms with Crippen LogP contribution in [0.2, 0.25) is 0 Å². The van der Waals surface area contributed by atoms with E-state index in [1.807, 2.05) is 12.1 Å². The van der Waals surface area contributed by atoms with E-state index in [2.05, 4.69) is 4.98 Å². The molecule has 0 fully saturated rings. The minimum atomic E-state index is -0.256. The average Bonchev–Trinajstić information content (AvgIpc) is 2.33. The van der Waals surface area contributed by atoms with Crippen molar-refractivity contribution in [1.29, 1.82) is 0 Å². The van der Waals surface area contributed by atoms with Crippen LogP contribution in [0.4, 0.5) is 4.39 Å². The van der Waals surface area contributed by atoms with Gasteiger partial charge in [-0.25, -0.2) is 4.39 Å². The van der Waals surface area contributed by atoms with Crippen LogP contribution < -0.4 is 5.73 Å². The number of pyridine rings is 1. The maximum atomic E-state index is 13.1. The maximum absolute atomic E-state index is 13.1. The molecule has 0 aliphatic carbocycles. The largest absolute Gasteiger partial charge is 0.320 e.